The Hall–Kier alpha value is -1.29. The van der Waals surface area contributed by atoms with E-state index in [4.69, 9.17) is 10.5 Å². The predicted octanol–water partition coefficient (Wildman–Crippen LogP) is 2.88. The number of rotatable bonds is 6. The van der Waals surface area contributed by atoms with E-state index < -0.39 is 5.82 Å². The topological polar surface area (TPSA) is 47.3 Å². The molecule has 96 valence electrons. The van der Waals surface area contributed by atoms with Crippen molar-refractivity contribution in [3.05, 3.63) is 24.0 Å². The van der Waals surface area contributed by atoms with Gasteiger partial charge in [0.2, 0.25) is 0 Å². The van der Waals surface area contributed by atoms with E-state index in [1.807, 2.05) is 6.92 Å². The van der Waals surface area contributed by atoms with Gasteiger partial charge < -0.3 is 15.8 Å². The van der Waals surface area contributed by atoms with E-state index >= 15 is 0 Å². The molecule has 0 aliphatic carbocycles. The smallest absolute Gasteiger partial charge is 0.148 e. The molecule has 3 N–H and O–H groups in total. The van der Waals surface area contributed by atoms with Gasteiger partial charge in [-0.15, -0.1) is 0 Å². The monoisotopic (exact) mass is 240 g/mol. The van der Waals surface area contributed by atoms with Crippen LogP contribution < -0.4 is 11.1 Å². The molecule has 0 bridgehead atoms. The average molecular weight is 240 g/mol. The first-order valence-electron chi connectivity index (χ1n) is 5.94. The summed E-state index contributed by atoms with van der Waals surface area (Å²) in [4.78, 5) is 0. The van der Waals surface area contributed by atoms with E-state index in [0.29, 0.717) is 24.8 Å². The van der Waals surface area contributed by atoms with Gasteiger partial charge in [-0.3, -0.25) is 0 Å². The number of ether oxygens (including phenoxy) is 1. The van der Waals surface area contributed by atoms with Crippen LogP contribution in [0.1, 0.15) is 20.8 Å². The molecule has 17 heavy (non-hydrogen) atoms. The van der Waals surface area contributed by atoms with Crippen molar-refractivity contribution < 1.29 is 9.13 Å². The highest BCUT2D eigenvalue weighted by atomic mass is 19.1. The lowest BCUT2D eigenvalue weighted by atomic mass is 10.0. The number of halogens is 1. The molecule has 3 nitrogen and oxygen atoms in total. The fourth-order valence-corrected chi connectivity index (χ4v) is 1.51. The van der Waals surface area contributed by atoms with Crippen molar-refractivity contribution in [1.82, 2.24) is 0 Å². The summed E-state index contributed by atoms with van der Waals surface area (Å²) in [7, 11) is 0. The number of para-hydroxylation sites is 1. The Labute approximate surface area is 102 Å². The molecule has 0 heterocycles. The zero-order valence-corrected chi connectivity index (χ0v) is 10.7. The minimum absolute atomic E-state index is 0.124. The second-order valence-corrected chi connectivity index (χ2v) is 4.36. The second-order valence-electron chi connectivity index (χ2n) is 4.36. The number of nitrogens with two attached hydrogens (primary N) is 1. The third kappa shape index (κ3) is 3.89. The van der Waals surface area contributed by atoms with Gasteiger partial charge in [0.25, 0.3) is 0 Å². The maximum atomic E-state index is 13.3. The summed E-state index contributed by atoms with van der Waals surface area (Å²) in [6, 6.07) is 4.90. The van der Waals surface area contributed by atoms with Gasteiger partial charge in [0.15, 0.2) is 0 Å². The predicted molar refractivity (Wildman–Crippen MR) is 69.6 cm³/mol. The Balaban J connectivity index is 2.75. The summed E-state index contributed by atoms with van der Waals surface area (Å²) in [5.41, 5.74) is 6.47. The molecule has 0 amide bonds. The quantitative estimate of drug-likeness (QED) is 0.752. The molecule has 0 saturated heterocycles. The molecule has 1 atom stereocenters. The largest absolute Gasteiger partial charge is 0.395 e. The second kappa shape index (κ2) is 6.45. The Bertz CT molecular complexity index is 355. The van der Waals surface area contributed by atoms with E-state index in [-0.39, 0.29) is 11.7 Å². The number of nitrogen functional groups attached to an aromatic ring is 1. The number of anilines is 2. The lowest BCUT2D eigenvalue weighted by Gasteiger charge is -2.24. The van der Waals surface area contributed by atoms with Crippen LogP contribution in [0.5, 0.6) is 0 Å². The maximum absolute atomic E-state index is 13.3. The van der Waals surface area contributed by atoms with Crippen LogP contribution in [-0.4, -0.2) is 19.3 Å². The van der Waals surface area contributed by atoms with Gasteiger partial charge in [-0.05, 0) is 25.0 Å². The van der Waals surface area contributed by atoms with E-state index in [0.717, 1.165) is 0 Å². The Morgan fingerprint density at radius 1 is 1.41 bits per heavy atom. The fraction of sp³-hybridized carbons (Fsp3) is 0.538. The fourth-order valence-electron chi connectivity index (χ4n) is 1.51. The zero-order valence-electron chi connectivity index (χ0n) is 10.7. The summed E-state index contributed by atoms with van der Waals surface area (Å²) >= 11 is 0. The number of nitrogens with one attached hydrogen (secondary N) is 1. The third-order valence-electron chi connectivity index (χ3n) is 2.70. The first kappa shape index (κ1) is 13.8. The summed E-state index contributed by atoms with van der Waals surface area (Å²) in [5.74, 6) is -0.0156. The van der Waals surface area contributed by atoms with Gasteiger partial charge in [0.1, 0.15) is 5.82 Å². The van der Waals surface area contributed by atoms with Crippen molar-refractivity contribution in [1.29, 1.82) is 0 Å². The molecule has 1 unspecified atom stereocenters. The van der Waals surface area contributed by atoms with Gasteiger partial charge >= 0.3 is 0 Å². The molecule has 0 saturated carbocycles. The van der Waals surface area contributed by atoms with Crippen molar-refractivity contribution in [2.75, 3.05) is 24.3 Å². The molecule has 0 aliphatic rings. The van der Waals surface area contributed by atoms with Crippen LogP contribution in [0, 0.1) is 11.7 Å². The van der Waals surface area contributed by atoms with E-state index in [2.05, 4.69) is 19.2 Å². The molecule has 0 radical (unpaired) electrons. The molecular formula is C13H21FN2O. The maximum Gasteiger partial charge on any atom is 0.148 e. The molecule has 0 aliphatic heterocycles. The highest BCUT2D eigenvalue weighted by Gasteiger charge is 2.15. The zero-order chi connectivity index (χ0) is 12.8. The number of hydrogen-bond donors (Lipinski definition) is 2. The highest BCUT2D eigenvalue weighted by molar-refractivity contribution is 5.66. The lowest BCUT2D eigenvalue weighted by Crippen LogP contribution is -2.31. The molecule has 0 spiro atoms. The van der Waals surface area contributed by atoms with Crippen LogP contribution >= 0.6 is 0 Å². The molecule has 0 aromatic heterocycles. The molecule has 1 aromatic carbocycles. The van der Waals surface area contributed by atoms with E-state index in [9.17, 15) is 4.39 Å². The van der Waals surface area contributed by atoms with E-state index in [1.54, 1.807) is 12.1 Å². The van der Waals surface area contributed by atoms with Crippen LogP contribution in [-0.2, 0) is 4.74 Å². The number of hydrogen-bond acceptors (Lipinski definition) is 3. The van der Waals surface area contributed by atoms with Gasteiger partial charge in [0.05, 0.1) is 24.0 Å². The first-order chi connectivity index (χ1) is 8.06. The highest BCUT2D eigenvalue weighted by Crippen LogP contribution is 2.23. The van der Waals surface area contributed by atoms with E-state index in [1.165, 1.54) is 6.07 Å². The standard InChI is InChI=1S/C13H21FN2O/c1-4-17-8-12(9(2)3)16-11-7-5-6-10(14)13(11)15/h5-7,9,12,16H,4,8,15H2,1-3H3. The summed E-state index contributed by atoms with van der Waals surface area (Å²) in [6.07, 6.45) is 0. The average Bonchev–Trinajstić information content (AvgIpc) is 2.29. The summed E-state index contributed by atoms with van der Waals surface area (Å²) < 4.78 is 18.7. The van der Waals surface area contributed by atoms with Crippen LogP contribution in [0.4, 0.5) is 15.8 Å². The summed E-state index contributed by atoms with van der Waals surface area (Å²) in [5, 5.41) is 3.23. The summed E-state index contributed by atoms with van der Waals surface area (Å²) in [6.45, 7) is 7.39. The Morgan fingerprint density at radius 2 is 2.12 bits per heavy atom. The van der Waals surface area contributed by atoms with Crippen molar-refractivity contribution in [2.45, 2.75) is 26.8 Å². The normalized spacial score (nSPS) is 12.8. The minimum atomic E-state index is -0.395. The molecule has 4 heteroatoms. The van der Waals surface area contributed by atoms with Crippen molar-refractivity contribution >= 4 is 11.4 Å². The van der Waals surface area contributed by atoms with Crippen molar-refractivity contribution in [3.8, 4) is 0 Å². The molecule has 0 fully saturated rings. The first-order valence-corrected chi connectivity index (χ1v) is 5.94. The van der Waals surface area contributed by atoms with Crippen molar-refractivity contribution in [3.63, 3.8) is 0 Å². The van der Waals surface area contributed by atoms with Crippen molar-refractivity contribution in [2.24, 2.45) is 5.92 Å². The molecule has 1 aromatic rings. The van der Waals surface area contributed by atoms with Crippen LogP contribution in [0.2, 0.25) is 0 Å². The van der Waals surface area contributed by atoms with Crippen LogP contribution in [0.15, 0.2) is 18.2 Å². The minimum Gasteiger partial charge on any atom is -0.395 e. The van der Waals surface area contributed by atoms with Crippen LogP contribution in [0.25, 0.3) is 0 Å². The SMILES string of the molecule is CCOCC(Nc1cccc(F)c1N)C(C)C. The third-order valence-corrected chi connectivity index (χ3v) is 2.70. The van der Waals surface area contributed by atoms with Crippen LogP contribution in [0.3, 0.4) is 0 Å². The van der Waals surface area contributed by atoms with Gasteiger partial charge in [-0.1, -0.05) is 19.9 Å². The Kier molecular flexibility index (Phi) is 5.22. The van der Waals surface area contributed by atoms with Gasteiger partial charge in [-0.25, -0.2) is 4.39 Å². The van der Waals surface area contributed by atoms with Gasteiger partial charge in [0, 0.05) is 6.61 Å². The number of benzene rings is 1. The van der Waals surface area contributed by atoms with Gasteiger partial charge in [-0.2, -0.15) is 0 Å². The molecular weight excluding hydrogens is 219 g/mol. The molecule has 1 rings (SSSR count). The Morgan fingerprint density at radius 3 is 2.71 bits per heavy atom. The lowest BCUT2D eigenvalue weighted by molar-refractivity contribution is 0.127.